The van der Waals surface area contributed by atoms with Crippen LogP contribution in [0.1, 0.15) is 26.0 Å². The van der Waals surface area contributed by atoms with Gasteiger partial charge in [0.1, 0.15) is 11.4 Å². The van der Waals surface area contributed by atoms with Crippen LogP contribution in [0.5, 0.6) is 0 Å². The fraction of sp³-hybridized carbons (Fsp3) is 0.667. The second kappa shape index (κ2) is 8.00. The summed E-state index contributed by atoms with van der Waals surface area (Å²) in [6, 6.07) is 3.42. The number of hydrogen-bond acceptors (Lipinski definition) is 5. The topological polar surface area (TPSA) is 107 Å². The lowest BCUT2D eigenvalue weighted by atomic mass is 10.0. The Kier molecular flexibility index (Phi) is 6.25. The highest BCUT2D eigenvalue weighted by Crippen LogP contribution is 2.21. The molecule has 8 nitrogen and oxygen atoms in total. The zero-order valence-electron chi connectivity index (χ0n) is 14.2. The number of sulfonamides is 1. The molecule has 1 aliphatic heterocycles. The van der Waals surface area contributed by atoms with E-state index in [4.69, 9.17) is 4.42 Å². The van der Waals surface area contributed by atoms with E-state index in [-0.39, 0.29) is 12.3 Å². The lowest BCUT2D eigenvalue weighted by Gasteiger charge is -2.20. The molecule has 1 fully saturated rings. The third-order valence-electron chi connectivity index (χ3n) is 3.80. The number of aliphatic imine (C=N–C) groups is 1. The molecule has 1 aromatic rings. The predicted octanol–water partition coefficient (Wildman–Crippen LogP) is 0.0777. The first-order chi connectivity index (χ1) is 11.3. The molecule has 1 atom stereocenters. The number of aliphatic hydroxyl groups is 1. The van der Waals surface area contributed by atoms with E-state index in [1.807, 2.05) is 6.92 Å². The maximum Gasteiger partial charge on any atom is 0.214 e. The number of nitrogens with zero attached hydrogens (tertiary/aromatic N) is 2. The minimum Gasteiger partial charge on any atom is -0.466 e. The van der Waals surface area contributed by atoms with Gasteiger partial charge in [0.25, 0.3) is 0 Å². The van der Waals surface area contributed by atoms with Gasteiger partial charge in [-0.15, -0.1) is 0 Å². The van der Waals surface area contributed by atoms with Crippen molar-refractivity contribution < 1.29 is 17.9 Å². The number of rotatable bonds is 7. The Labute approximate surface area is 143 Å². The molecule has 1 aromatic heterocycles. The van der Waals surface area contributed by atoms with E-state index >= 15 is 0 Å². The van der Waals surface area contributed by atoms with E-state index in [0.29, 0.717) is 44.3 Å². The van der Waals surface area contributed by atoms with Gasteiger partial charge < -0.3 is 20.2 Å². The van der Waals surface area contributed by atoms with E-state index in [1.165, 1.54) is 10.6 Å². The van der Waals surface area contributed by atoms with Crippen molar-refractivity contribution >= 4 is 16.0 Å². The van der Waals surface area contributed by atoms with Crippen LogP contribution in [0.2, 0.25) is 0 Å². The molecular weight excluding hydrogens is 332 g/mol. The Hall–Kier alpha value is -1.58. The third kappa shape index (κ3) is 4.96. The first-order valence-corrected chi connectivity index (χ1v) is 9.72. The van der Waals surface area contributed by atoms with E-state index in [1.54, 1.807) is 19.1 Å². The van der Waals surface area contributed by atoms with Crippen molar-refractivity contribution in [3.63, 3.8) is 0 Å². The summed E-state index contributed by atoms with van der Waals surface area (Å²) in [4.78, 5) is 4.36. The SMILES string of the molecule is CCNC(=NCC(C)(O)c1ccco1)NCCN1CCCS1(=O)=O. The Morgan fingerprint density at radius 1 is 1.50 bits per heavy atom. The molecule has 0 aliphatic carbocycles. The van der Waals surface area contributed by atoms with Crippen molar-refractivity contribution in [3.8, 4) is 0 Å². The predicted molar refractivity (Wildman–Crippen MR) is 92.2 cm³/mol. The van der Waals surface area contributed by atoms with Gasteiger partial charge in [0.15, 0.2) is 5.96 Å². The third-order valence-corrected chi connectivity index (χ3v) is 5.75. The Morgan fingerprint density at radius 3 is 2.88 bits per heavy atom. The lowest BCUT2D eigenvalue weighted by molar-refractivity contribution is 0.0437. The monoisotopic (exact) mass is 358 g/mol. The maximum atomic E-state index is 11.8. The van der Waals surface area contributed by atoms with Crippen molar-refractivity contribution in [3.05, 3.63) is 24.2 Å². The molecule has 3 N–H and O–H groups in total. The van der Waals surface area contributed by atoms with Crippen molar-refractivity contribution in [1.82, 2.24) is 14.9 Å². The highest BCUT2D eigenvalue weighted by molar-refractivity contribution is 7.89. The second-order valence-electron chi connectivity index (χ2n) is 5.94. The van der Waals surface area contributed by atoms with E-state index in [2.05, 4.69) is 15.6 Å². The summed E-state index contributed by atoms with van der Waals surface area (Å²) >= 11 is 0. The molecule has 0 spiro atoms. The molecule has 9 heteroatoms. The standard InChI is InChI=1S/C15H26N4O4S/c1-3-16-14(17-7-9-19-8-5-11-24(19,21)22)18-12-15(2,20)13-6-4-10-23-13/h4,6,10,20H,3,5,7-9,11-12H2,1-2H3,(H2,16,17,18). The quantitative estimate of drug-likeness (QED) is 0.471. The van der Waals surface area contributed by atoms with Gasteiger partial charge >= 0.3 is 0 Å². The van der Waals surface area contributed by atoms with Crippen LogP contribution < -0.4 is 10.6 Å². The van der Waals surface area contributed by atoms with Gasteiger partial charge in [0, 0.05) is 26.2 Å². The molecule has 2 heterocycles. The van der Waals surface area contributed by atoms with Crippen LogP contribution in [0.4, 0.5) is 0 Å². The fourth-order valence-electron chi connectivity index (χ4n) is 2.48. The van der Waals surface area contributed by atoms with Crippen molar-refractivity contribution in [1.29, 1.82) is 0 Å². The maximum absolute atomic E-state index is 11.8. The smallest absolute Gasteiger partial charge is 0.214 e. The van der Waals surface area contributed by atoms with Crippen LogP contribution in [-0.2, 0) is 15.6 Å². The van der Waals surface area contributed by atoms with Crippen LogP contribution in [0.15, 0.2) is 27.8 Å². The average molecular weight is 358 g/mol. The Balaban J connectivity index is 1.89. The van der Waals surface area contributed by atoms with E-state index in [0.717, 1.165) is 0 Å². The molecule has 24 heavy (non-hydrogen) atoms. The van der Waals surface area contributed by atoms with Crippen molar-refractivity contribution in [2.45, 2.75) is 25.9 Å². The average Bonchev–Trinajstić information content (AvgIpc) is 3.15. The summed E-state index contributed by atoms with van der Waals surface area (Å²) in [6.07, 6.45) is 2.19. The lowest BCUT2D eigenvalue weighted by Crippen LogP contribution is -2.42. The minimum absolute atomic E-state index is 0.123. The van der Waals surface area contributed by atoms with Crippen molar-refractivity contribution in [2.75, 3.05) is 38.5 Å². The number of hydrogen-bond donors (Lipinski definition) is 3. The number of furan rings is 1. The number of guanidine groups is 1. The molecule has 0 bridgehead atoms. The van der Waals surface area contributed by atoms with Gasteiger partial charge in [0.2, 0.25) is 10.0 Å². The van der Waals surface area contributed by atoms with Crippen LogP contribution in [0.25, 0.3) is 0 Å². The van der Waals surface area contributed by atoms with Gasteiger partial charge in [0.05, 0.1) is 18.6 Å². The summed E-state index contributed by atoms with van der Waals surface area (Å²) in [5, 5.41) is 16.6. The molecule has 1 aliphatic rings. The zero-order chi connectivity index (χ0) is 17.6. The summed E-state index contributed by atoms with van der Waals surface area (Å²) in [5.41, 5.74) is -1.20. The van der Waals surface area contributed by atoms with E-state index < -0.39 is 15.6 Å². The molecule has 1 unspecified atom stereocenters. The van der Waals surface area contributed by atoms with E-state index in [9.17, 15) is 13.5 Å². The highest BCUT2D eigenvalue weighted by atomic mass is 32.2. The van der Waals surface area contributed by atoms with Gasteiger partial charge in [-0.2, -0.15) is 0 Å². The molecule has 0 amide bonds. The van der Waals surface area contributed by atoms with Crippen molar-refractivity contribution in [2.24, 2.45) is 4.99 Å². The Morgan fingerprint density at radius 2 is 2.29 bits per heavy atom. The first-order valence-electron chi connectivity index (χ1n) is 8.11. The molecular formula is C15H26N4O4S. The van der Waals surface area contributed by atoms with Gasteiger partial charge in [-0.05, 0) is 32.4 Å². The van der Waals surface area contributed by atoms with Crippen LogP contribution in [0.3, 0.4) is 0 Å². The van der Waals surface area contributed by atoms with Gasteiger partial charge in [-0.3, -0.25) is 0 Å². The minimum atomic E-state index is -3.08. The summed E-state index contributed by atoms with van der Waals surface area (Å²) in [7, 11) is -3.08. The van der Waals surface area contributed by atoms with Crippen LogP contribution in [0, 0.1) is 0 Å². The first kappa shape index (κ1) is 18.8. The largest absolute Gasteiger partial charge is 0.466 e. The molecule has 0 aromatic carbocycles. The molecule has 1 saturated heterocycles. The summed E-state index contributed by atoms with van der Waals surface area (Å²) < 4.78 is 30.2. The zero-order valence-corrected chi connectivity index (χ0v) is 15.0. The van der Waals surface area contributed by atoms with Gasteiger partial charge in [-0.25, -0.2) is 17.7 Å². The van der Waals surface area contributed by atoms with Crippen LogP contribution >= 0.6 is 0 Å². The summed E-state index contributed by atoms with van der Waals surface area (Å²) in [5.74, 6) is 1.21. The highest BCUT2D eigenvalue weighted by Gasteiger charge is 2.28. The second-order valence-corrected chi connectivity index (χ2v) is 8.03. The van der Waals surface area contributed by atoms with Crippen LogP contribution in [-0.4, -0.2) is 62.3 Å². The summed E-state index contributed by atoms with van der Waals surface area (Å²) in [6.45, 7) is 5.79. The number of nitrogens with one attached hydrogen (secondary N) is 2. The molecule has 136 valence electrons. The fourth-order valence-corrected chi connectivity index (χ4v) is 4.01. The molecule has 2 rings (SSSR count). The van der Waals surface area contributed by atoms with Gasteiger partial charge in [-0.1, -0.05) is 0 Å². The normalized spacial score (nSPS) is 20.7. The molecule has 0 radical (unpaired) electrons. The Bertz CT molecular complexity index is 640. The molecule has 0 saturated carbocycles.